The third-order valence-electron chi connectivity index (χ3n) is 2.85. The van der Waals surface area contributed by atoms with Crippen molar-refractivity contribution >= 4 is 5.91 Å². The second kappa shape index (κ2) is 3.22. The summed E-state index contributed by atoms with van der Waals surface area (Å²) in [5.74, 6) is 5.14. The Morgan fingerprint density at radius 3 is 2.45 bits per heavy atom. The van der Waals surface area contributed by atoms with E-state index < -0.39 is 0 Å². The van der Waals surface area contributed by atoms with Crippen molar-refractivity contribution in [3.05, 3.63) is 0 Å². The third-order valence-corrected chi connectivity index (χ3v) is 2.85. The molecule has 0 aromatic heterocycles. The van der Waals surface area contributed by atoms with E-state index >= 15 is 0 Å². The number of hydrogen-bond acceptors (Lipinski definition) is 2. The maximum Gasteiger partial charge on any atom is 0.240 e. The lowest BCUT2D eigenvalue weighted by Gasteiger charge is -2.24. The van der Waals surface area contributed by atoms with E-state index in [0.717, 1.165) is 19.3 Å². The van der Waals surface area contributed by atoms with Gasteiger partial charge in [-0.15, -0.1) is 0 Å². The molecule has 1 aliphatic carbocycles. The summed E-state index contributed by atoms with van der Waals surface area (Å²) in [4.78, 5) is 11.3. The van der Waals surface area contributed by atoms with E-state index in [4.69, 9.17) is 5.84 Å². The molecular weight excluding hydrogens is 140 g/mol. The lowest BCUT2D eigenvalue weighted by molar-refractivity contribution is -0.131. The number of hydrogen-bond donors (Lipinski definition) is 2. The van der Waals surface area contributed by atoms with Crippen LogP contribution < -0.4 is 11.3 Å². The van der Waals surface area contributed by atoms with E-state index in [1.807, 2.05) is 0 Å². The van der Waals surface area contributed by atoms with Crippen molar-refractivity contribution in [3.8, 4) is 0 Å². The number of carbonyl (C=O) groups excluding carboxylic acids is 1. The van der Waals surface area contributed by atoms with Gasteiger partial charge in [0, 0.05) is 0 Å². The quantitative estimate of drug-likeness (QED) is 0.355. The van der Waals surface area contributed by atoms with Crippen LogP contribution in [0.2, 0.25) is 0 Å². The zero-order valence-electron chi connectivity index (χ0n) is 7.02. The summed E-state index contributed by atoms with van der Waals surface area (Å²) in [5, 5.41) is 0. The van der Waals surface area contributed by atoms with Gasteiger partial charge >= 0.3 is 0 Å². The SMILES string of the molecule is CCC1(C(=O)NN)CCCC1. The number of carbonyl (C=O) groups is 1. The van der Waals surface area contributed by atoms with Crippen LogP contribution in [0, 0.1) is 5.41 Å². The highest BCUT2D eigenvalue weighted by Gasteiger charge is 2.38. The minimum Gasteiger partial charge on any atom is -0.294 e. The van der Waals surface area contributed by atoms with Gasteiger partial charge in [0.2, 0.25) is 5.91 Å². The van der Waals surface area contributed by atoms with Gasteiger partial charge in [-0.2, -0.15) is 0 Å². The molecule has 0 saturated heterocycles. The van der Waals surface area contributed by atoms with Crippen LogP contribution in [0.25, 0.3) is 0 Å². The van der Waals surface area contributed by atoms with E-state index in [0.29, 0.717) is 0 Å². The van der Waals surface area contributed by atoms with Crippen molar-refractivity contribution in [1.29, 1.82) is 0 Å². The van der Waals surface area contributed by atoms with E-state index in [9.17, 15) is 4.79 Å². The van der Waals surface area contributed by atoms with Crippen LogP contribution in [0.1, 0.15) is 39.0 Å². The molecule has 3 nitrogen and oxygen atoms in total. The van der Waals surface area contributed by atoms with Gasteiger partial charge in [-0.1, -0.05) is 19.8 Å². The maximum absolute atomic E-state index is 11.3. The largest absolute Gasteiger partial charge is 0.294 e. The Bertz CT molecular complexity index is 150. The average molecular weight is 156 g/mol. The molecule has 1 saturated carbocycles. The summed E-state index contributed by atoms with van der Waals surface area (Å²) in [7, 11) is 0. The van der Waals surface area contributed by atoms with E-state index in [1.165, 1.54) is 12.8 Å². The summed E-state index contributed by atoms with van der Waals surface area (Å²) in [6.07, 6.45) is 5.26. The van der Waals surface area contributed by atoms with E-state index in [1.54, 1.807) is 0 Å². The predicted octanol–water partition coefficient (Wildman–Crippen LogP) is 0.947. The molecule has 1 aliphatic rings. The smallest absolute Gasteiger partial charge is 0.240 e. The molecule has 0 bridgehead atoms. The highest BCUT2D eigenvalue weighted by atomic mass is 16.2. The zero-order valence-corrected chi connectivity index (χ0v) is 7.02. The van der Waals surface area contributed by atoms with Crippen LogP contribution >= 0.6 is 0 Å². The number of amides is 1. The Kier molecular flexibility index (Phi) is 2.49. The molecule has 64 valence electrons. The Morgan fingerprint density at radius 2 is 2.09 bits per heavy atom. The summed E-state index contributed by atoms with van der Waals surface area (Å²) in [6.45, 7) is 2.06. The Morgan fingerprint density at radius 1 is 1.55 bits per heavy atom. The van der Waals surface area contributed by atoms with Gasteiger partial charge in [0.1, 0.15) is 0 Å². The molecule has 3 heteroatoms. The van der Waals surface area contributed by atoms with Crippen molar-refractivity contribution in [2.45, 2.75) is 39.0 Å². The maximum atomic E-state index is 11.3. The zero-order chi connectivity index (χ0) is 8.32. The molecule has 1 rings (SSSR count). The fourth-order valence-corrected chi connectivity index (χ4v) is 1.95. The van der Waals surface area contributed by atoms with Crippen LogP contribution in [-0.2, 0) is 4.79 Å². The third kappa shape index (κ3) is 1.38. The highest BCUT2D eigenvalue weighted by Crippen LogP contribution is 2.40. The van der Waals surface area contributed by atoms with Crippen LogP contribution in [0.5, 0.6) is 0 Å². The summed E-state index contributed by atoms with van der Waals surface area (Å²) in [5.41, 5.74) is 2.13. The number of hydrazine groups is 1. The van der Waals surface area contributed by atoms with Crippen molar-refractivity contribution in [1.82, 2.24) is 5.43 Å². The van der Waals surface area contributed by atoms with Gasteiger partial charge in [-0.3, -0.25) is 10.2 Å². The number of nitrogens with one attached hydrogen (secondary N) is 1. The molecule has 0 aromatic rings. The predicted molar refractivity (Wildman–Crippen MR) is 43.5 cm³/mol. The minimum absolute atomic E-state index is 0.0255. The van der Waals surface area contributed by atoms with Gasteiger partial charge < -0.3 is 0 Å². The average Bonchev–Trinajstić information content (AvgIpc) is 2.52. The van der Waals surface area contributed by atoms with Crippen molar-refractivity contribution in [2.75, 3.05) is 0 Å². The first-order valence-electron chi connectivity index (χ1n) is 4.26. The summed E-state index contributed by atoms with van der Waals surface area (Å²) >= 11 is 0. The monoisotopic (exact) mass is 156 g/mol. The molecule has 0 unspecified atom stereocenters. The van der Waals surface area contributed by atoms with Crippen LogP contribution in [0.4, 0.5) is 0 Å². The lowest BCUT2D eigenvalue weighted by atomic mass is 9.83. The van der Waals surface area contributed by atoms with Crippen molar-refractivity contribution in [2.24, 2.45) is 11.3 Å². The first-order valence-corrected chi connectivity index (χ1v) is 4.26. The molecule has 1 fully saturated rings. The lowest BCUT2D eigenvalue weighted by Crippen LogP contribution is -2.42. The van der Waals surface area contributed by atoms with Gasteiger partial charge in [0.15, 0.2) is 0 Å². The topological polar surface area (TPSA) is 55.1 Å². The van der Waals surface area contributed by atoms with Crippen LogP contribution in [0.3, 0.4) is 0 Å². The second-order valence-electron chi connectivity index (χ2n) is 3.31. The highest BCUT2D eigenvalue weighted by molar-refractivity contribution is 5.82. The Balaban J connectivity index is 2.66. The van der Waals surface area contributed by atoms with Crippen molar-refractivity contribution in [3.63, 3.8) is 0 Å². The minimum atomic E-state index is -0.130. The molecule has 3 N–H and O–H groups in total. The Labute approximate surface area is 67.3 Å². The second-order valence-corrected chi connectivity index (χ2v) is 3.31. The van der Waals surface area contributed by atoms with E-state index in [2.05, 4.69) is 12.3 Å². The molecule has 0 atom stereocenters. The fourth-order valence-electron chi connectivity index (χ4n) is 1.95. The molecular formula is C8H16N2O. The molecule has 0 heterocycles. The number of rotatable bonds is 2. The van der Waals surface area contributed by atoms with Gasteiger partial charge in [-0.25, -0.2) is 5.84 Å². The van der Waals surface area contributed by atoms with Gasteiger partial charge in [-0.05, 0) is 19.3 Å². The molecule has 1 amide bonds. The first kappa shape index (κ1) is 8.53. The van der Waals surface area contributed by atoms with Crippen LogP contribution in [-0.4, -0.2) is 5.91 Å². The normalized spacial score (nSPS) is 21.6. The first-order chi connectivity index (χ1) is 5.25. The summed E-state index contributed by atoms with van der Waals surface area (Å²) in [6, 6.07) is 0. The van der Waals surface area contributed by atoms with Gasteiger partial charge in [0.25, 0.3) is 0 Å². The molecule has 11 heavy (non-hydrogen) atoms. The van der Waals surface area contributed by atoms with Crippen molar-refractivity contribution < 1.29 is 4.79 Å². The number of nitrogens with two attached hydrogens (primary N) is 1. The molecule has 0 radical (unpaired) electrons. The molecule has 0 aliphatic heterocycles. The Hall–Kier alpha value is -0.570. The molecule has 0 spiro atoms. The van der Waals surface area contributed by atoms with Gasteiger partial charge in [0.05, 0.1) is 5.41 Å². The summed E-state index contributed by atoms with van der Waals surface area (Å²) < 4.78 is 0. The molecule has 0 aromatic carbocycles. The van der Waals surface area contributed by atoms with E-state index in [-0.39, 0.29) is 11.3 Å². The standard InChI is InChI=1S/C8H16N2O/c1-2-8(7(11)10-9)5-3-4-6-8/h2-6,9H2,1H3,(H,10,11). The van der Waals surface area contributed by atoms with Crippen LogP contribution in [0.15, 0.2) is 0 Å². The fraction of sp³-hybridized carbons (Fsp3) is 0.875.